The zero-order valence-electron chi connectivity index (χ0n) is 9.22. The van der Waals surface area contributed by atoms with E-state index in [2.05, 4.69) is 4.74 Å². The van der Waals surface area contributed by atoms with Gasteiger partial charge in [-0.25, -0.2) is 9.18 Å². The fraction of sp³-hybridized carbons (Fsp3) is 0.364. The van der Waals surface area contributed by atoms with Crippen molar-refractivity contribution in [3.8, 4) is 5.75 Å². The predicted molar refractivity (Wildman–Crippen MR) is 56.3 cm³/mol. The van der Waals surface area contributed by atoms with Gasteiger partial charge in [-0.1, -0.05) is 6.07 Å². The van der Waals surface area contributed by atoms with E-state index in [9.17, 15) is 14.3 Å². The van der Waals surface area contributed by atoms with Gasteiger partial charge in [0, 0.05) is 19.6 Å². The first-order chi connectivity index (χ1) is 8.04. The summed E-state index contributed by atoms with van der Waals surface area (Å²) in [5.41, 5.74) is 0.401. The van der Waals surface area contributed by atoms with E-state index in [4.69, 9.17) is 9.84 Å². The maximum absolute atomic E-state index is 13.0. The van der Waals surface area contributed by atoms with Gasteiger partial charge in [0.25, 0.3) is 0 Å². The van der Waals surface area contributed by atoms with Gasteiger partial charge in [-0.15, -0.1) is 0 Å². The van der Waals surface area contributed by atoms with E-state index in [0.29, 0.717) is 5.56 Å². The largest absolute Gasteiger partial charge is 0.479 e. The molecule has 0 unspecified atom stereocenters. The highest BCUT2D eigenvalue weighted by Crippen LogP contribution is 2.21. The van der Waals surface area contributed by atoms with Crippen molar-refractivity contribution in [2.75, 3.05) is 13.9 Å². The lowest BCUT2D eigenvalue weighted by Gasteiger charge is -2.12. The van der Waals surface area contributed by atoms with Crippen LogP contribution in [0.3, 0.4) is 0 Å². The Bertz CT molecular complexity index is 393. The summed E-state index contributed by atoms with van der Waals surface area (Å²) in [6, 6.07) is 3.65. The molecule has 0 aliphatic heterocycles. The molecule has 0 aliphatic rings. The Hall–Kier alpha value is -1.66. The first-order valence-corrected chi connectivity index (χ1v) is 4.85. The summed E-state index contributed by atoms with van der Waals surface area (Å²) in [5.74, 6) is -1.69. The lowest BCUT2D eigenvalue weighted by Crippen LogP contribution is -2.22. The van der Waals surface area contributed by atoms with Crippen molar-refractivity contribution in [2.45, 2.75) is 12.5 Å². The van der Waals surface area contributed by atoms with Crippen LogP contribution in [0.5, 0.6) is 5.75 Å². The molecule has 6 heteroatoms. The molecule has 0 amide bonds. The summed E-state index contributed by atoms with van der Waals surface area (Å²) in [5, 5.41) is 17.8. The van der Waals surface area contributed by atoms with Crippen molar-refractivity contribution in [2.24, 2.45) is 0 Å². The van der Waals surface area contributed by atoms with Crippen LogP contribution in [-0.4, -0.2) is 36.2 Å². The van der Waals surface area contributed by atoms with Crippen LogP contribution < -0.4 is 4.74 Å². The second kappa shape index (κ2) is 6.17. The average molecular weight is 244 g/mol. The number of aliphatic carboxylic acids is 1. The second-order valence-corrected chi connectivity index (χ2v) is 3.36. The van der Waals surface area contributed by atoms with E-state index in [0.717, 1.165) is 6.07 Å². The molecule has 1 aromatic rings. The van der Waals surface area contributed by atoms with Crippen LogP contribution in [0, 0.1) is 5.82 Å². The van der Waals surface area contributed by atoms with Crippen LogP contribution in [-0.2, 0) is 16.0 Å². The van der Waals surface area contributed by atoms with Gasteiger partial charge in [0.05, 0.1) is 0 Å². The monoisotopic (exact) mass is 244 g/mol. The molecule has 2 N–H and O–H groups in total. The van der Waals surface area contributed by atoms with Gasteiger partial charge in [-0.2, -0.15) is 0 Å². The molecule has 0 saturated carbocycles. The van der Waals surface area contributed by atoms with Crippen LogP contribution in [0.2, 0.25) is 0 Å². The molecule has 0 saturated heterocycles. The van der Waals surface area contributed by atoms with Crippen molar-refractivity contribution in [3.63, 3.8) is 0 Å². The molecule has 0 radical (unpaired) electrons. The maximum Gasteiger partial charge on any atom is 0.332 e. The SMILES string of the molecule is COCOc1cc(F)ccc1C[C@@H](O)C(=O)O. The number of benzene rings is 1. The smallest absolute Gasteiger partial charge is 0.332 e. The maximum atomic E-state index is 13.0. The predicted octanol–water partition coefficient (Wildman–Crippen LogP) is 0.796. The van der Waals surface area contributed by atoms with Gasteiger partial charge in [-0.05, 0) is 11.6 Å². The number of rotatable bonds is 6. The molecule has 0 bridgehead atoms. The zero-order valence-corrected chi connectivity index (χ0v) is 9.22. The summed E-state index contributed by atoms with van der Waals surface area (Å²) in [7, 11) is 1.41. The lowest BCUT2D eigenvalue weighted by atomic mass is 10.1. The number of carboxylic acids is 1. The summed E-state index contributed by atoms with van der Waals surface area (Å²) in [6.07, 6.45) is -1.71. The molecule has 1 atom stereocenters. The molecular formula is C11H13FO5. The van der Waals surface area contributed by atoms with E-state index in [1.54, 1.807) is 0 Å². The molecule has 0 aromatic heterocycles. The summed E-state index contributed by atoms with van der Waals surface area (Å²) in [6.45, 7) is -0.0837. The van der Waals surface area contributed by atoms with Crippen molar-refractivity contribution in [1.82, 2.24) is 0 Å². The van der Waals surface area contributed by atoms with Crippen LogP contribution in [0.1, 0.15) is 5.56 Å². The van der Waals surface area contributed by atoms with Gasteiger partial charge in [0.15, 0.2) is 12.9 Å². The van der Waals surface area contributed by atoms with Crippen LogP contribution in [0.25, 0.3) is 0 Å². The Morgan fingerprint density at radius 1 is 1.53 bits per heavy atom. The number of hydrogen-bond donors (Lipinski definition) is 2. The quantitative estimate of drug-likeness (QED) is 0.724. The standard InChI is InChI=1S/C11H13FO5/c1-16-6-17-10-5-8(12)3-2-7(10)4-9(13)11(14)15/h2-3,5,9,13H,4,6H2,1H3,(H,14,15)/t9-/m1/s1. The molecule has 0 heterocycles. The highest BCUT2D eigenvalue weighted by Gasteiger charge is 2.17. The first-order valence-electron chi connectivity index (χ1n) is 4.85. The Labute approximate surface area is 97.4 Å². The minimum atomic E-state index is -1.55. The molecular weight excluding hydrogens is 231 g/mol. The van der Waals surface area contributed by atoms with E-state index >= 15 is 0 Å². The Balaban J connectivity index is 2.85. The number of ether oxygens (including phenoxy) is 2. The Morgan fingerprint density at radius 3 is 2.82 bits per heavy atom. The molecule has 0 spiro atoms. The third kappa shape index (κ3) is 4.01. The number of carbonyl (C=O) groups is 1. The van der Waals surface area contributed by atoms with Crippen LogP contribution >= 0.6 is 0 Å². The Morgan fingerprint density at radius 2 is 2.24 bits per heavy atom. The number of aliphatic hydroxyl groups is 1. The normalized spacial score (nSPS) is 12.2. The van der Waals surface area contributed by atoms with Gasteiger partial charge >= 0.3 is 5.97 Å². The molecule has 1 rings (SSSR count). The summed E-state index contributed by atoms with van der Waals surface area (Å²) < 4.78 is 22.7. The van der Waals surface area contributed by atoms with E-state index in [1.165, 1.54) is 19.2 Å². The number of methoxy groups -OCH3 is 1. The topological polar surface area (TPSA) is 76.0 Å². The Kier molecular flexibility index (Phi) is 4.86. The number of hydrogen-bond acceptors (Lipinski definition) is 4. The first kappa shape index (κ1) is 13.4. The lowest BCUT2D eigenvalue weighted by molar-refractivity contribution is -0.146. The van der Waals surface area contributed by atoms with Crippen molar-refractivity contribution < 1.29 is 28.9 Å². The van der Waals surface area contributed by atoms with Crippen molar-refractivity contribution >= 4 is 5.97 Å². The molecule has 94 valence electrons. The third-order valence-electron chi connectivity index (χ3n) is 2.06. The highest BCUT2D eigenvalue weighted by atomic mass is 19.1. The van der Waals surface area contributed by atoms with Crippen molar-refractivity contribution in [1.29, 1.82) is 0 Å². The van der Waals surface area contributed by atoms with Crippen molar-refractivity contribution in [3.05, 3.63) is 29.6 Å². The van der Waals surface area contributed by atoms with Gasteiger partial charge in [0.2, 0.25) is 0 Å². The minimum Gasteiger partial charge on any atom is -0.479 e. The van der Waals surface area contributed by atoms with Crippen LogP contribution in [0.4, 0.5) is 4.39 Å². The van der Waals surface area contributed by atoms with E-state index in [1.807, 2.05) is 0 Å². The van der Waals surface area contributed by atoms with E-state index in [-0.39, 0.29) is 19.0 Å². The molecule has 0 aliphatic carbocycles. The fourth-order valence-corrected chi connectivity index (χ4v) is 1.25. The highest BCUT2D eigenvalue weighted by molar-refractivity contribution is 5.72. The van der Waals surface area contributed by atoms with Gasteiger partial charge in [0.1, 0.15) is 11.6 Å². The molecule has 0 fully saturated rings. The number of carboxylic acid groups (broad SMARTS) is 1. The number of halogens is 1. The number of aliphatic hydroxyl groups excluding tert-OH is 1. The van der Waals surface area contributed by atoms with Gasteiger partial charge in [-0.3, -0.25) is 0 Å². The zero-order chi connectivity index (χ0) is 12.8. The summed E-state index contributed by atoms with van der Waals surface area (Å²) in [4.78, 5) is 10.5. The molecule has 1 aromatic carbocycles. The van der Waals surface area contributed by atoms with Crippen LogP contribution in [0.15, 0.2) is 18.2 Å². The fourth-order valence-electron chi connectivity index (χ4n) is 1.25. The average Bonchev–Trinajstić information content (AvgIpc) is 2.29. The minimum absolute atomic E-state index is 0.0837. The third-order valence-corrected chi connectivity index (χ3v) is 2.06. The second-order valence-electron chi connectivity index (χ2n) is 3.36. The summed E-state index contributed by atoms with van der Waals surface area (Å²) >= 11 is 0. The van der Waals surface area contributed by atoms with Gasteiger partial charge < -0.3 is 19.7 Å². The van der Waals surface area contributed by atoms with E-state index < -0.39 is 17.9 Å². The molecule has 17 heavy (non-hydrogen) atoms. The molecule has 5 nitrogen and oxygen atoms in total.